The highest BCUT2D eigenvalue weighted by Gasteiger charge is 2.19. The average Bonchev–Trinajstić information content (AvgIpc) is 2.80. The van der Waals surface area contributed by atoms with E-state index in [1.165, 1.54) is 11.3 Å². The molecular formula is C17H17N3O2S. The van der Waals surface area contributed by atoms with Gasteiger partial charge in [-0.05, 0) is 50.5 Å². The van der Waals surface area contributed by atoms with Crippen molar-refractivity contribution in [2.75, 3.05) is 5.32 Å². The van der Waals surface area contributed by atoms with Crippen molar-refractivity contribution in [1.29, 1.82) is 0 Å². The molecule has 23 heavy (non-hydrogen) atoms. The van der Waals surface area contributed by atoms with E-state index in [0.717, 1.165) is 22.2 Å². The normalized spacial score (nSPS) is 11.0. The van der Waals surface area contributed by atoms with Gasteiger partial charge in [-0.1, -0.05) is 12.1 Å². The molecule has 0 fully saturated rings. The predicted molar refractivity (Wildman–Crippen MR) is 93.0 cm³/mol. The Bertz CT molecular complexity index is 931. The number of thiophene rings is 1. The van der Waals surface area contributed by atoms with Crippen molar-refractivity contribution >= 4 is 39.0 Å². The fraction of sp³-hybridized carbons (Fsp3) is 0.235. The third-order valence-corrected chi connectivity index (χ3v) is 4.92. The molecule has 5 nitrogen and oxygen atoms in total. The Kier molecular flexibility index (Phi) is 3.77. The Morgan fingerprint density at radius 2 is 1.91 bits per heavy atom. The van der Waals surface area contributed by atoms with Crippen molar-refractivity contribution in [1.82, 2.24) is 9.97 Å². The molecule has 0 saturated heterocycles. The number of benzene rings is 1. The number of nitrogens with zero attached hydrogens (tertiary/aromatic N) is 2. The van der Waals surface area contributed by atoms with Crippen molar-refractivity contribution in [2.24, 2.45) is 0 Å². The zero-order valence-corrected chi connectivity index (χ0v) is 14.2. The Morgan fingerprint density at radius 3 is 2.61 bits per heavy atom. The minimum absolute atomic E-state index is 0.309. The highest BCUT2D eigenvalue weighted by molar-refractivity contribution is 7.20. The first-order chi connectivity index (χ1) is 10.9. The first-order valence-corrected chi connectivity index (χ1v) is 8.03. The fourth-order valence-corrected chi connectivity index (χ4v) is 3.60. The first-order valence-electron chi connectivity index (χ1n) is 7.22. The molecule has 0 aliphatic carbocycles. The van der Waals surface area contributed by atoms with Gasteiger partial charge in [0.15, 0.2) is 0 Å². The van der Waals surface area contributed by atoms with Crippen LogP contribution in [0.1, 0.15) is 32.2 Å². The largest absolute Gasteiger partial charge is 0.477 e. The number of hydrogen-bond donors (Lipinski definition) is 2. The third kappa shape index (κ3) is 2.77. The highest BCUT2D eigenvalue weighted by atomic mass is 32.1. The van der Waals surface area contributed by atoms with Gasteiger partial charge < -0.3 is 10.4 Å². The zero-order valence-electron chi connectivity index (χ0n) is 13.4. The lowest BCUT2D eigenvalue weighted by Crippen LogP contribution is -2.00. The van der Waals surface area contributed by atoms with Crippen LogP contribution in [0, 0.1) is 27.7 Å². The van der Waals surface area contributed by atoms with E-state index in [-0.39, 0.29) is 0 Å². The van der Waals surface area contributed by atoms with Crippen LogP contribution < -0.4 is 5.32 Å². The van der Waals surface area contributed by atoms with Crippen LogP contribution in [-0.2, 0) is 0 Å². The van der Waals surface area contributed by atoms with E-state index < -0.39 is 5.97 Å². The lowest BCUT2D eigenvalue weighted by Gasteiger charge is -2.11. The number of aryl methyl sites for hydroxylation is 4. The van der Waals surface area contributed by atoms with E-state index in [4.69, 9.17) is 0 Å². The molecule has 0 unspecified atom stereocenters. The van der Waals surface area contributed by atoms with Gasteiger partial charge in [-0.3, -0.25) is 0 Å². The van der Waals surface area contributed by atoms with Gasteiger partial charge in [0.05, 0.1) is 5.39 Å². The van der Waals surface area contributed by atoms with E-state index in [2.05, 4.69) is 27.4 Å². The van der Waals surface area contributed by atoms with Gasteiger partial charge in [0, 0.05) is 5.69 Å². The van der Waals surface area contributed by atoms with E-state index in [9.17, 15) is 9.90 Å². The van der Waals surface area contributed by atoms with Crippen LogP contribution >= 0.6 is 11.3 Å². The minimum atomic E-state index is -0.930. The number of aromatic nitrogens is 2. The molecule has 0 bridgehead atoms. The number of hydrogen-bond acceptors (Lipinski definition) is 5. The molecule has 1 aromatic carbocycles. The van der Waals surface area contributed by atoms with Crippen molar-refractivity contribution in [3.8, 4) is 0 Å². The van der Waals surface area contributed by atoms with Gasteiger partial charge in [0.25, 0.3) is 0 Å². The molecule has 3 aromatic rings. The molecular weight excluding hydrogens is 310 g/mol. The number of carboxylic acids is 1. The summed E-state index contributed by atoms with van der Waals surface area (Å²) in [5, 5.41) is 13.5. The number of anilines is 2. The second kappa shape index (κ2) is 5.62. The van der Waals surface area contributed by atoms with Gasteiger partial charge in [-0.15, -0.1) is 11.3 Å². The van der Waals surface area contributed by atoms with E-state index in [1.54, 1.807) is 6.92 Å². The number of carboxylic acid groups (broad SMARTS) is 1. The molecule has 0 saturated carbocycles. The fourth-order valence-electron chi connectivity index (χ4n) is 2.54. The Morgan fingerprint density at radius 1 is 1.17 bits per heavy atom. The minimum Gasteiger partial charge on any atom is -0.477 e. The maximum absolute atomic E-state index is 11.4. The monoisotopic (exact) mass is 327 g/mol. The molecule has 0 radical (unpaired) electrons. The van der Waals surface area contributed by atoms with Crippen LogP contribution in [0.25, 0.3) is 10.2 Å². The second-order valence-corrected chi connectivity index (χ2v) is 6.60. The Hall–Kier alpha value is -2.47. The van der Waals surface area contributed by atoms with E-state index >= 15 is 0 Å². The van der Waals surface area contributed by atoms with Crippen LogP contribution in [0.3, 0.4) is 0 Å². The summed E-state index contributed by atoms with van der Waals surface area (Å²) < 4.78 is 0. The molecule has 6 heteroatoms. The number of fused-ring (bicyclic) bond motifs is 1. The number of aromatic carboxylic acids is 1. The van der Waals surface area contributed by atoms with Crippen molar-refractivity contribution < 1.29 is 9.90 Å². The maximum atomic E-state index is 11.4. The van der Waals surface area contributed by atoms with Crippen LogP contribution in [0.5, 0.6) is 0 Å². The standard InChI is InChI=1S/C17H17N3O2S/c1-8-5-6-9(2)12(7-8)20-15-13-10(3)14(17(21)22)23-16(13)19-11(4)18-15/h5-7H,1-4H3,(H,21,22)(H,18,19,20). The molecule has 0 amide bonds. The lowest BCUT2D eigenvalue weighted by atomic mass is 10.1. The summed E-state index contributed by atoms with van der Waals surface area (Å²) in [5.41, 5.74) is 3.91. The van der Waals surface area contributed by atoms with Gasteiger partial charge in [-0.2, -0.15) is 0 Å². The van der Waals surface area contributed by atoms with E-state index in [0.29, 0.717) is 26.9 Å². The first kappa shape index (κ1) is 15.4. The van der Waals surface area contributed by atoms with Gasteiger partial charge >= 0.3 is 5.97 Å². The zero-order chi connectivity index (χ0) is 16.7. The molecule has 0 aliphatic heterocycles. The van der Waals surface area contributed by atoms with Crippen LogP contribution in [-0.4, -0.2) is 21.0 Å². The topological polar surface area (TPSA) is 75.1 Å². The van der Waals surface area contributed by atoms with Crippen LogP contribution in [0.15, 0.2) is 18.2 Å². The molecule has 2 aromatic heterocycles. The van der Waals surface area contributed by atoms with Gasteiger partial charge in [0.2, 0.25) is 0 Å². The van der Waals surface area contributed by atoms with Crippen LogP contribution in [0.4, 0.5) is 11.5 Å². The molecule has 0 spiro atoms. The summed E-state index contributed by atoms with van der Waals surface area (Å²) in [4.78, 5) is 21.3. The predicted octanol–water partition coefficient (Wildman–Crippen LogP) is 4.37. The Balaban J connectivity index is 2.20. The molecule has 2 N–H and O–H groups in total. The summed E-state index contributed by atoms with van der Waals surface area (Å²) in [7, 11) is 0. The summed E-state index contributed by atoms with van der Waals surface area (Å²) in [6.45, 7) is 7.67. The SMILES string of the molecule is Cc1ccc(C)c(Nc2nc(C)nc3sc(C(=O)O)c(C)c23)c1. The number of nitrogens with one attached hydrogen (secondary N) is 1. The lowest BCUT2D eigenvalue weighted by molar-refractivity contribution is 0.0701. The second-order valence-electron chi connectivity index (χ2n) is 5.60. The summed E-state index contributed by atoms with van der Waals surface area (Å²) >= 11 is 1.19. The molecule has 3 rings (SSSR count). The molecule has 118 valence electrons. The molecule has 0 atom stereocenters. The maximum Gasteiger partial charge on any atom is 0.346 e. The third-order valence-electron chi connectivity index (χ3n) is 3.74. The van der Waals surface area contributed by atoms with E-state index in [1.807, 2.05) is 26.8 Å². The molecule has 0 aliphatic rings. The highest BCUT2D eigenvalue weighted by Crippen LogP contribution is 2.35. The van der Waals surface area contributed by atoms with Crippen molar-refractivity contribution in [3.05, 3.63) is 45.6 Å². The summed E-state index contributed by atoms with van der Waals surface area (Å²) in [6.07, 6.45) is 0. The summed E-state index contributed by atoms with van der Waals surface area (Å²) in [5.74, 6) is 0.340. The smallest absolute Gasteiger partial charge is 0.346 e. The molecule has 2 heterocycles. The van der Waals surface area contributed by atoms with Gasteiger partial charge in [0.1, 0.15) is 21.3 Å². The van der Waals surface area contributed by atoms with Gasteiger partial charge in [-0.25, -0.2) is 14.8 Å². The average molecular weight is 327 g/mol. The number of rotatable bonds is 3. The number of carbonyl (C=O) groups is 1. The van der Waals surface area contributed by atoms with Crippen molar-refractivity contribution in [3.63, 3.8) is 0 Å². The van der Waals surface area contributed by atoms with Crippen LogP contribution in [0.2, 0.25) is 0 Å². The Labute approximate surface area is 138 Å². The summed E-state index contributed by atoms with van der Waals surface area (Å²) in [6, 6.07) is 6.16. The quantitative estimate of drug-likeness (QED) is 0.747. The van der Waals surface area contributed by atoms with Crippen molar-refractivity contribution in [2.45, 2.75) is 27.7 Å².